The SMILES string of the molecule is CCCC[S+]([O-])CSc1nc(-c2nccs2)cc(-c2nc(C)cs2)c1C#N. The molecule has 0 spiro atoms. The zero-order valence-electron chi connectivity index (χ0n) is 15.0. The molecule has 0 bridgehead atoms. The van der Waals surface area contributed by atoms with E-state index in [1.54, 1.807) is 6.20 Å². The summed E-state index contributed by atoms with van der Waals surface area (Å²) in [4.78, 5) is 13.5. The second-order valence-corrected chi connectivity index (χ2v) is 10.4. The average molecular weight is 435 g/mol. The minimum Gasteiger partial charge on any atom is -0.616 e. The molecule has 0 amide bonds. The van der Waals surface area contributed by atoms with E-state index in [-0.39, 0.29) is 0 Å². The number of hydrogen-bond acceptors (Lipinski definition) is 8. The number of aromatic nitrogens is 3. The third-order valence-electron chi connectivity index (χ3n) is 3.65. The summed E-state index contributed by atoms with van der Waals surface area (Å²) in [5.74, 6) is 0.677. The molecule has 0 aromatic carbocycles. The lowest BCUT2D eigenvalue weighted by molar-refractivity contribution is 0.596. The van der Waals surface area contributed by atoms with Crippen LogP contribution < -0.4 is 0 Å². The minimum atomic E-state index is -0.933. The van der Waals surface area contributed by atoms with Crippen LogP contribution in [0.5, 0.6) is 0 Å². The van der Waals surface area contributed by atoms with Gasteiger partial charge in [0.25, 0.3) is 0 Å². The molecule has 3 aromatic heterocycles. The lowest BCUT2D eigenvalue weighted by atomic mass is 10.1. The van der Waals surface area contributed by atoms with E-state index >= 15 is 0 Å². The highest BCUT2D eigenvalue weighted by molar-refractivity contribution is 8.12. The second-order valence-electron chi connectivity index (χ2n) is 5.74. The van der Waals surface area contributed by atoms with Gasteiger partial charge in [-0.05, 0) is 30.6 Å². The molecular formula is C18H18N4OS4. The maximum Gasteiger partial charge on any atom is 0.156 e. The molecule has 0 aliphatic rings. The summed E-state index contributed by atoms with van der Waals surface area (Å²) in [6, 6.07) is 4.16. The largest absolute Gasteiger partial charge is 0.616 e. The Morgan fingerprint density at radius 1 is 1.30 bits per heavy atom. The standard InChI is InChI=1S/C18H18N4OS4/c1-3-4-7-27(23)11-26-17-14(9-19)13(16-21-12(2)10-25-16)8-15(22-17)18-20-5-6-24-18/h5-6,8,10H,3-4,7,11H2,1-2H3. The number of aryl methyl sites for hydroxylation is 1. The van der Waals surface area contributed by atoms with E-state index in [9.17, 15) is 9.81 Å². The van der Waals surface area contributed by atoms with Gasteiger partial charge in [-0.1, -0.05) is 25.1 Å². The Bertz CT molecular complexity index is 933. The van der Waals surface area contributed by atoms with Gasteiger partial charge in [-0.3, -0.25) is 0 Å². The molecule has 140 valence electrons. The molecule has 0 N–H and O–H groups in total. The third kappa shape index (κ3) is 5.09. The Morgan fingerprint density at radius 3 is 2.78 bits per heavy atom. The fraction of sp³-hybridized carbons (Fsp3) is 0.333. The highest BCUT2D eigenvalue weighted by Crippen LogP contribution is 2.36. The van der Waals surface area contributed by atoms with Gasteiger partial charge in [0.15, 0.2) is 5.08 Å². The molecule has 5 nitrogen and oxygen atoms in total. The van der Waals surface area contributed by atoms with E-state index in [2.05, 4.69) is 27.9 Å². The van der Waals surface area contributed by atoms with Crippen molar-refractivity contribution in [3.05, 3.63) is 34.3 Å². The number of nitriles is 1. The quantitative estimate of drug-likeness (QED) is 0.362. The molecule has 0 aliphatic heterocycles. The van der Waals surface area contributed by atoms with Gasteiger partial charge in [0.1, 0.15) is 32.6 Å². The molecule has 3 heterocycles. The van der Waals surface area contributed by atoms with Crippen LogP contribution in [-0.2, 0) is 11.2 Å². The van der Waals surface area contributed by atoms with Gasteiger partial charge in [0, 0.05) is 28.2 Å². The average Bonchev–Trinajstić information content (AvgIpc) is 3.35. The number of unbranched alkanes of at least 4 members (excludes halogenated alkanes) is 1. The number of thiazole rings is 2. The van der Waals surface area contributed by atoms with Crippen LogP contribution in [0.4, 0.5) is 0 Å². The second kappa shape index (κ2) is 9.66. The highest BCUT2D eigenvalue weighted by atomic mass is 32.3. The first-order chi connectivity index (χ1) is 13.1. The van der Waals surface area contributed by atoms with Crippen molar-refractivity contribution >= 4 is 45.6 Å². The molecule has 0 saturated heterocycles. The van der Waals surface area contributed by atoms with Crippen molar-refractivity contribution in [2.75, 3.05) is 10.8 Å². The van der Waals surface area contributed by atoms with Gasteiger partial charge in [-0.15, -0.1) is 22.7 Å². The first kappa shape index (κ1) is 20.3. The molecule has 0 radical (unpaired) electrons. The Balaban J connectivity index is 2.00. The molecule has 0 fully saturated rings. The lowest BCUT2D eigenvalue weighted by Gasteiger charge is -2.12. The molecule has 1 unspecified atom stereocenters. The summed E-state index contributed by atoms with van der Waals surface area (Å²) in [6.45, 7) is 4.01. The molecule has 0 saturated carbocycles. The minimum absolute atomic E-state index is 0.430. The maximum absolute atomic E-state index is 12.2. The Labute approximate surface area is 174 Å². The van der Waals surface area contributed by atoms with E-state index in [4.69, 9.17) is 0 Å². The third-order valence-corrected chi connectivity index (χ3v) is 8.28. The first-order valence-electron chi connectivity index (χ1n) is 8.37. The predicted molar refractivity (Wildman–Crippen MR) is 115 cm³/mol. The zero-order valence-corrected chi connectivity index (χ0v) is 18.2. The van der Waals surface area contributed by atoms with E-state index in [1.165, 1.54) is 34.4 Å². The monoisotopic (exact) mass is 434 g/mol. The van der Waals surface area contributed by atoms with Crippen LogP contribution >= 0.6 is 34.4 Å². The van der Waals surface area contributed by atoms with Crippen LogP contribution in [0.1, 0.15) is 31.0 Å². The van der Waals surface area contributed by atoms with Gasteiger partial charge < -0.3 is 4.55 Å². The summed E-state index contributed by atoms with van der Waals surface area (Å²) in [5, 5.41) is 16.3. The van der Waals surface area contributed by atoms with Crippen LogP contribution in [0.3, 0.4) is 0 Å². The summed E-state index contributed by atoms with van der Waals surface area (Å²) in [5.41, 5.74) is 2.88. The molecule has 3 aromatic rings. The highest BCUT2D eigenvalue weighted by Gasteiger charge is 2.20. The zero-order chi connectivity index (χ0) is 19.2. The summed E-state index contributed by atoms with van der Waals surface area (Å²) in [7, 11) is 0. The fourth-order valence-electron chi connectivity index (χ4n) is 2.33. The van der Waals surface area contributed by atoms with Crippen molar-refractivity contribution in [1.29, 1.82) is 5.26 Å². The lowest BCUT2D eigenvalue weighted by Crippen LogP contribution is -2.09. The van der Waals surface area contributed by atoms with E-state index in [0.717, 1.165) is 34.1 Å². The molecule has 9 heteroatoms. The normalized spacial score (nSPS) is 12.1. The maximum atomic E-state index is 12.2. The number of hydrogen-bond donors (Lipinski definition) is 0. The van der Waals surface area contributed by atoms with Crippen LogP contribution in [0, 0.1) is 18.3 Å². The van der Waals surface area contributed by atoms with Crippen molar-refractivity contribution in [2.24, 2.45) is 0 Å². The molecular weight excluding hydrogens is 416 g/mol. The van der Waals surface area contributed by atoms with Crippen molar-refractivity contribution < 1.29 is 4.55 Å². The Hall–Kier alpha value is -1.44. The summed E-state index contributed by atoms with van der Waals surface area (Å²) >= 11 is 3.45. The number of rotatable bonds is 8. The van der Waals surface area contributed by atoms with Crippen LogP contribution in [0.15, 0.2) is 28.0 Å². The van der Waals surface area contributed by atoms with Gasteiger partial charge in [0.2, 0.25) is 0 Å². The van der Waals surface area contributed by atoms with E-state index < -0.39 is 11.2 Å². The Morgan fingerprint density at radius 2 is 2.15 bits per heavy atom. The fourth-order valence-corrected chi connectivity index (χ4v) is 6.26. The Kier molecular flexibility index (Phi) is 7.26. The first-order valence-corrected chi connectivity index (χ1v) is 12.6. The summed E-state index contributed by atoms with van der Waals surface area (Å²) < 4.78 is 12.2. The van der Waals surface area contributed by atoms with Gasteiger partial charge >= 0.3 is 0 Å². The summed E-state index contributed by atoms with van der Waals surface area (Å²) in [6.07, 6.45) is 3.69. The van der Waals surface area contributed by atoms with Crippen LogP contribution in [-0.4, -0.2) is 30.3 Å². The molecule has 1 atom stereocenters. The van der Waals surface area contributed by atoms with Gasteiger partial charge in [-0.25, -0.2) is 15.0 Å². The number of thioether (sulfide) groups is 1. The molecule has 0 aliphatic carbocycles. The van der Waals surface area contributed by atoms with Gasteiger partial charge in [-0.2, -0.15) is 5.26 Å². The topological polar surface area (TPSA) is 85.5 Å². The number of nitrogens with zero attached hydrogens (tertiary/aromatic N) is 4. The smallest absolute Gasteiger partial charge is 0.156 e. The molecule has 3 rings (SSSR count). The van der Waals surface area contributed by atoms with E-state index in [1.807, 2.05) is 23.8 Å². The van der Waals surface area contributed by atoms with Crippen molar-refractivity contribution in [3.63, 3.8) is 0 Å². The van der Waals surface area contributed by atoms with E-state index in [0.29, 0.717) is 27.1 Å². The number of pyridine rings is 1. The predicted octanol–water partition coefficient (Wildman–Crippen LogP) is 5.11. The van der Waals surface area contributed by atoms with Crippen molar-refractivity contribution in [2.45, 2.75) is 31.7 Å². The van der Waals surface area contributed by atoms with Crippen molar-refractivity contribution in [1.82, 2.24) is 15.0 Å². The molecule has 27 heavy (non-hydrogen) atoms. The van der Waals surface area contributed by atoms with Gasteiger partial charge in [0.05, 0.1) is 5.56 Å². The van der Waals surface area contributed by atoms with Crippen LogP contribution in [0.25, 0.3) is 21.3 Å². The van der Waals surface area contributed by atoms with Crippen LogP contribution in [0.2, 0.25) is 0 Å². The van der Waals surface area contributed by atoms with Crippen molar-refractivity contribution in [3.8, 4) is 27.3 Å².